The van der Waals surface area contributed by atoms with Gasteiger partial charge in [-0.2, -0.15) is 4.98 Å². The molecule has 1 aliphatic heterocycles. The van der Waals surface area contributed by atoms with Gasteiger partial charge in [-0.15, -0.1) is 5.10 Å². The van der Waals surface area contributed by atoms with Crippen LogP contribution in [0.5, 0.6) is 0 Å². The number of aliphatic carboxylic acids is 1. The smallest absolute Gasteiger partial charge is 0.250 e. The predicted molar refractivity (Wildman–Crippen MR) is 115 cm³/mol. The first-order chi connectivity index (χ1) is 15.0. The first-order valence-electron chi connectivity index (χ1n) is 10.0. The maximum atomic E-state index is 12.1. The number of carbonyl (C=O) groups is 2. The lowest BCUT2D eigenvalue weighted by Gasteiger charge is -2.32. The molecule has 4 rings (SSSR count). The Morgan fingerprint density at radius 1 is 1.13 bits per heavy atom. The summed E-state index contributed by atoms with van der Waals surface area (Å²) in [5.41, 5.74) is 2.03. The molecule has 2 aromatic carbocycles. The number of hydrogen-bond acceptors (Lipinski definition) is 6. The van der Waals surface area contributed by atoms with Gasteiger partial charge in [0.25, 0.3) is 5.95 Å². The number of nitrogens with one attached hydrogen (secondary N) is 2. The Hall–Kier alpha value is -3.39. The van der Waals surface area contributed by atoms with Crippen LogP contribution in [0, 0.1) is 0 Å². The number of aromatic nitrogens is 3. The molecule has 3 aromatic rings. The minimum Gasteiger partial charge on any atom is -0.550 e. The lowest BCUT2D eigenvalue weighted by Crippen LogP contribution is -2.28. The van der Waals surface area contributed by atoms with Gasteiger partial charge in [-0.05, 0) is 36.5 Å². The average Bonchev–Trinajstić information content (AvgIpc) is 3.16. The summed E-state index contributed by atoms with van der Waals surface area (Å²) in [6.07, 6.45) is 0.767. The van der Waals surface area contributed by atoms with E-state index in [4.69, 9.17) is 11.6 Å². The van der Waals surface area contributed by atoms with Crippen molar-refractivity contribution < 1.29 is 14.7 Å². The Bertz CT molecular complexity index is 1090. The number of carboxylic acid groups (broad SMARTS) is 1. The predicted octanol–water partition coefficient (Wildman–Crippen LogP) is 2.94. The zero-order valence-corrected chi connectivity index (χ0v) is 17.4. The maximum Gasteiger partial charge on any atom is 0.250 e. The van der Waals surface area contributed by atoms with Crippen LogP contribution < -0.4 is 15.7 Å². The molecule has 0 spiro atoms. The van der Waals surface area contributed by atoms with E-state index in [1.165, 1.54) is 0 Å². The Morgan fingerprint density at radius 3 is 2.61 bits per heavy atom. The molecule has 1 aliphatic rings. The van der Waals surface area contributed by atoms with Crippen LogP contribution in [0.1, 0.15) is 48.9 Å². The number of nitrogens with zero attached hydrogens (tertiary/aromatic N) is 3. The number of rotatable bonds is 7. The van der Waals surface area contributed by atoms with Gasteiger partial charge in [0, 0.05) is 17.4 Å². The van der Waals surface area contributed by atoms with Gasteiger partial charge in [0.15, 0.2) is 0 Å². The van der Waals surface area contributed by atoms with E-state index in [0.717, 1.165) is 11.1 Å². The van der Waals surface area contributed by atoms with Crippen LogP contribution in [0.3, 0.4) is 0 Å². The molecule has 0 radical (unpaired) electrons. The fourth-order valence-electron chi connectivity index (χ4n) is 3.72. The van der Waals surface area contributed by atoms with E-state index in [9.17, 15) is 14.7 Å². The van der Waals surface area contributed by atoms with Crippen molar-refractivity contribution in [3.05, 3.63) is 70.7 Å². The summed E-state index contributed by atoms with van der Waals surface area (Å²) in [6.45, 7) is 0. The maximum absolute atomic E-state index is 12.1. The largest absolute Gasteiger partial charge is 0.550 e. The van der Waals surface area contributed by atoms with Crippen molar-refractivity contribution in [3.8, 4) is 0 Å². The van der Waals surface area contributed by atoms with E-state index in [0.29, 0.717) is 17.4 Å². The molecule has 0 bridgehead atoms. The molecule has 1 aromatic heterocycles. The van der Waals surface area contributed by atoms with Crippen molar-refractivity contribution in [3.63, 3.8) is 0 Å². The van der Waals surface area contributed by atoms with E-state index in [1.807, 2.05) is 54.6 Å². The number of benzene rings is 2. The number of carbonyl (C=O) groups excluding carboxylic acids is 2. The van der Waals surface area contributed by atoms with Crippen molar-refractivity contribution in [2.24, 2.45) is 0 Å². The number of carboxylic acids is 1. The number of halogens is 1. The van der Waals surface area contributed by atoms with Crippen molar-refractivity contribution >= 4 is 35.4 Å². The van der Waals surface area contributed by atoms with E-state index >= 15 is 0 Å². The molecule has 0 saturated carbocycles. The van der Waals surface area contributed by atoms with Gasteiger partial charge in [0.2, 0.25) is 11.9 Å². The minimum absolute atomic E-state index is 0.00853. The van der Waals surface area contributed by atoms with Crippen LogP contribution >= 0.6 is 11.6 Å². The lowest BCUT2D eigenvalue weighted by atomic mass is 9.93. The Morgan fingerprint density at radius 2 is 1.87 bits per heavy atom. The monoisotopic (exact) mass is 438 g/mol. The third-order valence-corrected chi connectivity index (χ3v) is 5.54. The highest BCUT2D eigenvalue weighted by Gasteiger charge is 2.32. The summed E-state index contributed by atoms with van der Waals surface area (Å²) in [5.74, 6) is -0.845. The molecule has 2 atom stereocenters. The molecule has 0 saturated heterocycles. The van der Waals surface area contributed by atoms with Crippen molar-refractivity contribution in [2.45, 2.75) is 37.8 Å². The van der Waals surface area contributed by atoms with Gasteiger partial charge >= 0.3 is 0 Å². The molecule has 2 heterocycles. The molecule has 1 amide bonds. The van der Waals surface area contributed by atoms with Crippen LogP contribution in [-0.4, -0.2) is 26.6 Å². The third-order valence-electron chi connectivity index (χ3n) is 5.19. The van der Waals surface area contributed by atoms with Crippen molar-refractivity contribution in [1.29, 1.82) is 0 Å². The van der Waals surface area contributed by atoms with Gasteiger partial charge in [0.05, 0.1) is 12.1 Å². The molecular formula is C22H21ClN5O3-. The fraction of sp³-hybridized carbons (Fsp3) is 0.273. The van der Waals surface area contributed by atoms with E-state index < -0.39 is 5.97 Å². The first kappa shape index (κ1) is 20.9. The standard InChI is InChI=1S/C22H22ClN5O3/c23-16-10-5-4-9-15(16)18-13-17(14-7-2-1-3-8-14)24-22-26-21(27-28(18)22)25-19(29)11-6-12-20(30)31/h1-5,7-10,17-18H,6,11-13H2,(H,30,31)(H2,24,25,26,27,29)/p-1/t17-,18+/m0/s1. The first-order valence-corrected chi connectivity index (χ1v) is 10.4. The van der Waals surface area contributed by atoms with Gasteiger partial charge < -0.3 is 15.2 Å². The fourth-order valence-corrected chi connectivity index (χ4v) is 3.98. The van der Waals surface area contributed by atoms with Gasteiger partial charge in [-0.1, -0.05) is 60.1 Å². The zero-order valence-electron chi connectivity index (χ0n) is 16.6. The Balaban J connectivity index is 1.61. The third kappa shape index (κ3) is 4.86. The molecule has 0 unspecified atom stereocenters. The molecule has 0 aliphatic carbocycles. The topological polar surface area (TPSA) is 112 Å². The van der Waals surface area contributed by atoms with Gasteiger partial charge in [0.1, 0.15) is 0 Å². The highest BCUT2D eigenvalue weighted by Crippen LogP contribution is 2.40. The number of fused-ring (bicyclic) bond motifs is 1. The lowest BCUT2D eigenvalue weighted by molar-refractivity contribution is -0.305. The SMILES string of the molecule is O=C([O-])CCCC(=O)Nc1nc2n(n1)[C@@H](c1ccccc1Cl)C[C@@H](c1ccccc1)N2. The Kier molecular flexibility index (Phi) is 6.18. The molecule has 9 heteroatoms. The number of hydrogen-bond donors (Lipinski definition) is 2. The summed E-state index contributed by atoms with van der Waals surface area (Å²) in [4.78, 5) is 27.1. The van der Waals surface area contributed by atoms with Crippen molar-refractivity contribution in [1.82, 2.24) is 14.8 Å². The van der Waals surface area contributed by atoms with E-state index in [2.05, 4.69) is 20.7 Å². The molecule has 160 valence electrons. The quantitative estimate of drug-likeness (QED) is 0.586. The van der Waals surface area contributed by atoms with Crippen LogP contribution in [0.2, 0.25) is 5.02 Å². The summed E-state index contributed by atoms with van der Waals surface area (Å²) in [7, 11) is 0. The summed E-state index contributed by atoms with van der Waals surface area (Å²) < 4.78 is 1.73. The zero-order chi connectivity index (χ0) is 21.8. The van der Waals surface area contributed by atoms with Crippen molar-refractivity contribution in [2.75, 3.05) is 10.6 Å². The number of amides is 1. The highest BCUT2D eigenvalue weighted by molar-refractivity contribution is 6.31. The summed E-state index contributed by atoms with van der Waals surface area (Å²) in [6, 6.07) is 17.5. The van der Waals surface area contributed by atoms with Crippen LogP contribution in [0.15, 0.2) is 54.6 Å². The summed E-state index contributed by atoms with van der Waals surface area (Å²) >= 11 is 6.49. The summed E-state index contributed by atoms with van der Waals surface area (Å²) in [5, 5.41) is 21.7. The second-order valence-corrected chi connectivity index (χ2v) is 7.77. The van der Waals surface area contributed by atoms with Gasteiger partial charge in [-0.25, -0.2) is 4.68 Å². The number of anilines is 2. The van der Waals surface area contributed by atoms with E-state index in [1.54, 1.807) is 4.68 Å². The van der Waals surface area contributed by atoms with Crippen LogP contribution in [0.4, 0.5) is 11.9 Å². The van der Waals surface area contributed by atoms with Gasteiger partial charge in [-0.3, -0.25) is 10.1 Å². The average molecular weight is 439 g/mol. The molecule has 0 fully saturated rings. The Labute approximate surface area is 184 Å². The van der Waals surface area contributed by atoms with Crippen LogP contribution in [-0.2, 0) is 9.59 Å². The molecule has 2 N–H and O–H groups in total. The van der Waals surface area contributed by atoms with Crippen LogP contribution in [0.25, 0.3) is 0 Å². The molecule has 8 nitrogen and oxygen atoms in total. The molecular weight excluding hydrogens is 418 g/mol. The highest BCUT2D eigenvalue weighted by atomic mass is 35.5. The normalized spacial score (nSPS) is 17.5. The van der Waals surface area contributed by atoms with E-state index in [-0.39, 0.29) is 43.2 Å². The minimum atomic E-state index is -1.18. The molecule has 31 heavy (non-hydrogen) atoms. The second-order valence-electron chi connectivity index (χ2n) is 7.36. The second kappa shape index (κ2) is 9.18.